The molecule has 1 unspecified atom stereocenters. The zero-order chi connectivity index (χ0) is 10.8. The molecule has 2 aliphatic heterocycles. The van der Waals surface area contributed by atoms with Crippen molar-refractivity contribution in [3.63, 3.8) is 0 Å². The first-order valence-electron chi connectivity index (χ1n) is 6.10. The molecule has 88 valence electrons. The van der Waals surface area contributed by atoms with Gasteiger partial charge >= 0.3 is 0 Å². The number of hydrogen-bond acceptors (Lipinski definition) is 5. The van der Waals surface area contributed by atoms with Crippen molar-refractivity contribution in [2.45, 2.75) is 25.7 Å². The fraction of sp³-hybridized carbons (Fsp3) is 0.818. The minimum atomic E-state index is 0.502. The minimum absolute atomic E-state index is 0.502. The van der Waals surface area contributed by atoms with Crippen LogP contribution in [0.2, 0.25) is 0 Å². The third-order valence-electron chi connectivity index (χ3n) is 3.84. The molecule has 1 aromatic rings. The van der Waals surface area contributed by atoms with Crippen LogP contribution in [0.5, 0.6) is 0 Å². The highest BCUT2D eigenvalue weighted by Gasteiger charge is 2.37. The molecule has 4 nitrogen and oxygen atoms in total. The Morgan fingerprint density at radius 3 is 3.06 bits per heavy atom. The van der Waals surface area contributed by atoms with E-state index in [1.807, 2.05) is 0 Å². The molecule has 0 radical (unpaired) electrons. The highest BCUT2D eigenvalue weighted by atomic mass is 32.1. The molecule has 1 atom stereocenters. The molecular weight excluding hydrogens is 220 g/mol. The van der Waals surface area contributed by atoms with Gasteiger partial charge in [0.15, 0.2) is 0 Å². The Morgan fingerprint density at radius 1 is 1.38 bits per heavy atom. The molecule has 0 saturated carbocycles. The number of rotatable bonds is 1. The van der Waals surface area contributed by atoms with Gasteiger partial charge in [0.1, 0.15) is 6.33 Å². The van der Waals surface area contributed by atoms with E-state index >= 15 is 0 Å². The molecule has 3 rings (SSSR count). The normalized spacial score (nSPS) is 30.9. The molecule has 2 fully saturated rings. The van der Waals surface area contributed by atoms with E-state index in [0.717, 1.165) is 18.2 Å². The smallest absolute Gasteiger partial charge is 0.204 e. The Bertz CT molecular complexity index is 326. The van der Waals surface area contributed by atoms with Gasteiger partial charge in [-0.15, -0.1) is 0 Å². The summed E-state index contributed by atoms with van der Waals surface area (Å²) in [6.07, 6.45) is 7.02. The minimum Gasteiger partial charge on any atom is -0.346 e. The summed E-state index contributed by atoms with van der Waals surface area (Å²) in [5.41, 5.74) is 0.502. The lowest BCUT2D eigenvalue weighted by Crippen LogP contribution is -2.51. The predicted octanol–water partition coefficient (Wildman–Crippen LogP) is 1.51. The van der Waals surface area contributed by atoms with E-state index in [-0.39, 0.29) is 0 Å². The third kappa shape index (κ3) is 1.94. The largest absolute Gasteiger partial charge is 0.346 e. The van der Waals surface area contributed by atoms with Crippen LogP contribution in [0.4, 0.5) is 5.13 Å². The summed E-state index contributed by atoms with van der Waals surface area (Å²) in [5.74, 6) is 0. The van der Waals surface area contributed by atoms with E-state index in [9.17, 15) is 0 Å². The van der Waals surface area contributed by atoms with Crippen LogP contribution < -0.4 is 10.2 Å². The lowest BCUT2D eigenvalue weighted by atomic mass is 9.74. The van der Waals surface area contributed by atoms with Crippen LogP contribution in [0, 0.1) is 5.41 Å². The molecule has 5 heteroatoms. The van der Waals surface area contributed by atoms with Crippen molar-refractivity contribution in [3.05, 3.63) is 6.33 Å². The van der Waals surface area contributed by atoms with Gasteiger partial charge in [-0.05, 0) is 32.2 Å². The Labute approximate surface area is 100 Å². The average Bonchev–Trinajstić information content (AvgIpc) is 2.83. The van der Waals surface area contributed by atoms with Gasteiger partial charge in [-0.25, -0.2) is 4.98 Å². The zero-order valence-electron chi connectivity index (χ0n) is 9.48. The summed E-state index contributed by atoms with van der Waals surface area (Å²) in [5, 5.41) is 4.65. The molecule has 1 N–H and O–H groups in total. The van der Waals surface area contributed by atoms with Crippen molar-refractivity contribution in [3.8, 4) is 0 Å². The van der Waals surface area contributed by atoms with Crippen LogP contribution in [-0.4, -0.2) is 35.5 Å². The molecule has 0 bridgehead atoms. The second-order valence-electron chi connectivity index (χ2n) is 5.03. The first-order chi connectivity index (χ1) is 7.88. The highest BCUT2D eigenvalue weighted by molar-refractivity contribution is 7.09. The Hall–Kier alpha value is -0.680. The molecule has 2 saturated heterocycles. The van der Waals surface area contributed by atoms with Crippen LogP contribution in [0.1, 0.15) is 25.7 Å². The number of hydrogen-bond donors (Lipinski definition) is 1. The number of aromatic nitrogens is 2. The highest BCUT2D eigenvalue weighted by Crippen LogP contribution is 2.37. The monoisotopic (exact) mass is 238 g/mol. The molecule has 1 spiro atoms. The molecule has 3 heterocycles. The van der Waals surface area contributed by atoms with Crippen LogP contribution in [0.25, 0.3) is 0 Å². The summed E-state index contributed by atoms with van der Waals surface area (Å²) >= 11 is 1.52. The molecule has 0 aliphatic carbocycles. The van der Waals surface area contributed by atoms with E-state index < -0.39 is 0 Å². The van der Waals surface area contributed by atoms with Crippen molar-refractivity contribution < 1.29 is 0 Å². The SMILES string of the molecule is c1nsc(N2CCCC3(CCCNC3)C2)n1. The van der Waals surface area contributed by atoms with Gasteiger partial charge in [-0.3, -0.25) is 0 Å². The fourth-order valence-corrected chi connectivity index (χ4v) is 3.61. The maximum Gasteiger partial charge on any atom is 0.204 e. The molecular formula is C11H18N4S. The summed E-state index contributed by atoms with van der Waals surface area (Å²) in [7, 11) is 0. The van der Waals surface area contributed by atoms with Gasteiger partial charge in [0.2, 0.25) is 5.13 Å². The number of anilines is 1. The van der Waals surface area contributed by atoms with Crippen LogP contribution in [0.3, 0.4) is 0 Å². The Kier molecular flexibility index (Phi) is 2.81. The summed E-state index contributed by atoms with van der Waals surface area (Å²) in [6, 6.07) is 0. The predicted molar refractivity (Wildman–Crippen MR) is 65.9 cm³/mol. The van der Waals surface area contributed by atoms with E-state index in [1.165, 1.54) is 50.3 Å². The van der Waals surface area contributed by atoms with Crippen LogP contribution in [-0.2, 0) is 0 Å². The summed E-state index contributed by atoms with van der Waals surface area (Å²) < 4.78 is 4.10. The van der Waals surface area contributed by atoms with Crippen LogP contribution >= 0.6 is 11.5 Å². The summed E-state index contributed by atoms with van der Waals surface area (Å²) in [4.78, 5) is 6.76. The van der Waals surface area contributed by atoms with Gasteiger partial charge in [-0.2, -0.15) is 4.37 Å². The van der Waals surface area contributed by atoms with Gasteiger partial charge in [0.05, 0.1) is 0 Å². The lowest BCUT2D eigenvalue weighted by Gasteiger charge is -2.45. The Balaban J connectivity index is 1.74. The Morgan fingerprint density at radius 2 is 2.31 bits per heavy atom. The first-order valence-corrected chi connectivity index (χ1v) is 6.88. The third-order valence-corrected chi connectivity index (χ3v) is 4.57. The van der Waals surface area contributed by atoms with Crippen LogP contribution in [0.15, 0.2) is 6.33 Å². The van der Waals surface area contributed by atoms with E-state index in [2.05, 4.69) is 19.6 Å². The van der Waals surface area contributed by atoms with Gasteiger partial charge in [-0.1, -0.05) is 0 Å². The van der Waals surface area contributed by atoms with Crippen molar-refractivity contribution in [1.82, 2.24) is 14.7 Å². The van der Waals surface area contributed by atoms with Crippen molar-refractivity contribution in [1.29, 1.82) is 0 Å². The molecule has 1 aromatic heterocycles. The maximum atomic E-state index is 4.33. The fourth-order valence-electron chi connectivity index (χ4n) is 3.06. The van der Waals surface area contributed by atoms with Crippen molar-refractivity contribution in [2.24, 2.45) is 5.41 Å². The zero-order valence-corrected chi connectivity index (χ0v) is 10.3. The summed E-state index contributed by atoms with van der Waals surface area (Å²) in [6.45, 7) is 4.69. The topological polar surface area (TPSA) is 41.1 Å². The molecule has 2 aliphatic rings. The molecule has 0 aromatic carbocycles. The van der Waals surface area contributed by atoms with E-state index in [0.29, 0.717) is 5.41 Å². The van der Waals surface area contributed by atoms with Gasteiger partial charge in [0.25, 0.3) is 0 Å². The molecule has 0 amide bonds. The van der Waals surface area contributed by atoms with Crippen molar-refractivity contribution >= 4 is 16.7 Å². The van der Waals surface area contributed by atoms with Gasteiger partial charge in [0, 0.05) is 36.6 Å². The number of nitrogens with one attached hydrogen (secondary N) is 1. The quantitative estimate of drug-likeness (QED) is 0.805. The van der Waals surface area contributed by atoms with Crippen molar-refractivity contribution in [2.75, 3.05) is 31.1 Å². The maximum absolute atomic E-state index is 4.33. The lowest BCUT2D eigenvalue weighted by molar-refractivity contribution is 0.173. The van der Waals surface area contributed by atoms with E-state index in [4.69, 9.17) is 0 Å². The van der Waals surface area contributed by atoms with Gasteiger partial charge < -0.3 is 10.2 Å². The number of piperidine rings is 2. The average molecular weight is 238 g/mol. The number of nitrogens with zero attached hydrogens (tertiary/aromatic N) is 3. The second kappa shape index (κ2) is 4.30. The second-order valence-corrected chi connectivity index (χ2v) is 5.79. The molecule has 16 heavy (non-hydrogen) atoms. The first kappa shape index (κ1) is 10.5. The standard InChI is InChI=1S/C11H18N4S/c1-3-11(7-12-5-1)4-2-6-15(8-11)10-13-9-14-16-10/h9,12H,1-8H2. The van der Waals surface area contributed by atoms with E-state index in [1.54, 1.807) is 6.33 Å².